The Morgan fingerprint density at radius 2 is 2.26 bits per heavy atom. The van der Waals surface area contributed by atoms with Gasteiger partial charge in [-0.25, -0.2) is 8.42 Å². The fourth-order valence-electron chi connectivity index (χ4n) is 2.22. The molecule has 2 heterocycles. The number of methoxy groups -OCH3 is 1. The van der Waals surface area contributed by atoms with Crippen LogP contribution in [0.25, 0.3) is 0 Å². The summed E-state index contributed by atoms with van der Waals surface area (Å²) in [5.74, 6) is 0.403. The van der Waals surface area contributed by atoms with Crippen LogP contribution in [-0.4, -0.2) is 60.9 Å². The van der Waals surface area contributed by atoms with E-state index in [-0.39, 0.29) is 17.6 Å². The lowest BCUT2D eigenvalue weighted by Crippen LogP contribution is -2.35. The molecule has 0 saturated heterocycles. The maximum atomic E-state index is 11.6. The number of hydrogen-bond acceptors (Lipinski definition) is 5. The van der Waals surface area contributed by atoms with E-state index in [1.807, 2.05) is 10.7 Å². The first-order valence-electron chi connectivity index (χ1n) is 6.50. The van der Waals surface area contributed by atoms with Crippen LogP contribution in [-0.2, 0) is 27.7 Å². The Balaban J connectivity index is 2.05. The molecular formula is C12H21N3O3S. The number of ether oxygens (including phenoxy) is 1. The molecule has 7 heteroatoms. The van der Waals surface area contributed by atoms with Crippen LogP contribution in [0.4, 0.5) is 0 Å². The zero-order valence-corrected chi connectivity index (χ0v) is 12.3. The standard InChI is InChI=1S/C12H21N3O3S/c1-3-19(16,17)7-6-14-8-11-4-5-13-15(11)10-12(9-14)18-2/h4-5,12H,3,6-10H2,1-2H3/t12-/m1/s1. The van der Waals surface area contributed by atoms with E-state index >= 15 is 0 Å². The number of hydrogen-bond donors (Lipinski definition) is 0. The van der Waals surface area contributed by atoms with Crippen molar-refractivity contribution in [2.75, 3.05) is 31.7 Å². The Hall–Kier alpha value is -0.920. The van der Waals surface area contributed by atoms with Crippen molar-refractivity contribution < 1.29 is 13.2 Å². The summed E-state index contributed by atoms with van der Waals surface area (Å²) in [7, 11) is -1.24. The maximum absolute atomic E-state index is 11.6. The summed E-state index contributed by atoms with van der Waals surface area (Å²) in [6.45, 7) is 4.40. The minimum atomic E-state index is -2.92. The van der Waals surface area contributed by atoms with Gasteiger partial charge in [0.2, 0.25) is 0 Å². The lowest BCUT2D eigenvalue weighted by atomic mass is 10.3. The molecule has 2 rings (SSSR count). The highest BCUT2D eigenvalue weighted by atomic mass is 32.2. The van der Waals surface area contributed by atoms with Crippen LogP contribution in [0.3, 0.4) is 0 Å². The van der Waals surface area contributed by atoms with E-state index in [1.54, 1.807) is 20.2 Å². The Morgan fingerprint density at radius 1 is 1.47 bits per heavy atom. The third kappa shape index (κ3) is 3.77. The smallest absolute Gasteiger partial charge is 0.151 e. The van der Waals surface area contributed by atoms with Gasteiger partial charge >= 0.3 is 0 Å². The monoisotopic (exact) mass is 287 g/mol. The Morgan fingerprint density at radius 3 is 2.95 bits per heavy atom. The number of fused-ring (bicyclic) bond motifs is 1. The summed E-state index contributed by atoms with van der Waals surface area (Å²) in [5.41, 5.74) is 1.11. The van der Waals surface area contributed by atoms with Crippen molar-refractivity contribution in [2.45, 2.75) is 26.1 Å². The van der Waals surface area contributed by atoms with E-state index < -0.39 is 9.84 Å². The van der Waals surface area contributed by atoms with Crippen molar-refractivity contribution in [2.24, 2.45) is 0 Å². The second-order valence-corrected chi connectivity index (χ2v) is 7.31. The summed E-state index contributed by atoms with van der Waals surface area (Å²) in [6.07, 6.45) is 1.82. The third-order valence-electron chi connectivity index (χ3n) is 3.52. The molecule has 1 aromatic rings. The van der Waals surface area contributed by atoms with Crippen LogP contribution in [0.2, 0.25) is 0 Å². The molecular weight excluding hydrogens is 266 g/mol. The SMILES string of the molecule is CCS(=O)(=O)CCN1Cc2ccnn2C[C@H](OC)C1. The highest BCUT2D eigenvalue weighted by molar-refractivity contribution is 7.91. The van der Waals surface area contributed by atoms with Crippen molar-refractivity contribution in [1.29, 1.82) is 0 Å². The molecule has 0 fully saturated rings. The quantitative estimate of drug-likeness (QED) is 0.771. The topological polar surface area (TPSA) is 64.4 Å². The number of aromatic nitrogens is 2. The van der Waals surface area contributed by atoms with Crippen LogP contribution in [0.5, 0.6) is 0 Å². The average Bonchev–Trinajstić information content (AvgIpc) is 2.75. The zero-order valence-electron chi connectivity index (χ0n) is 11.4. The van der Waals surface area contributed by atoms with E-state index in [1.165, 1.54) is 0 Å². The van der Waals surface area contributed by atoms with Gasteiger partial charge in [-0.2, -0.15) is 5.10 Å². The highest BCUT2D eigenvalue weighted by Crippen LogP contribution is 2.13. The molecule has 6 nitrogen and oxygen atoms in total. The molecule has 0 amide bonds. The van der Waals surface area contributed by atoms with Crippen LogP contribution >= 0.6 is 0 Å². The minimum Gasteiger partial charge on any atom is -0.378 e. The lowest BCUT2D eigenvalue weighted by molar-refractivity contribution is 0.0586. The summed E-state index contributed by atoms with van der Waals surface area (Å²) in [4.78, 5) is 2.13. The number of sulfone groups is 1. The lowest BCUT2D eigenvalue weighted by Gasteiger charge is -2.22. The second-order valence-electron chi connectivity index (χ2n) is 4.83. The Labute approximate surface area is 114 Å². The van der Waals surface area contributed by atoms with Crippen molar-refractivity contribution in [3.63, 3.8) is 0 Å². The molecule has 19 heavy (non-hydrogen) atoms. The second kappa shape index (κ2) is 6.02. The van der Waals surface area contributed by atoms with Gasteiger partial charge in [0.25, 0.3) is 0 Å². The van der Waals surface area contributed by atoms with Crippen molar-refractivity contribution in [3.8, 4) is 0 Å². The molecule has 0 aromatic carbocycles. The predicted molar refractivity (Wildman–Crippen MR) is 72.6 cm³/mol. The van der Waals surface area contributed by atoms with Crippen LogP contribution in [0, 0.1) is 0 Å². The van der Waals surface area contributed by atoms with Crippen LogP contribution in [0.15, 0.2) is 12.3 Å². The van der Waals surface area contributed by atoms with Gasteiger partial charge in [-0.15, -0.1) is 0 Å². The van der Waals surface area contributed by atoms with Crippen LogP contribution in [0.1, 0.15) is 12.6 Å². The predicted octanol–water partition coefficient (Wildman–Crippen LogP) is 0.148. The Bertz CT molecular complexity index is 512. The van der Waals surface area contributed by atoms with Gasteiger partial charge in [-0.1, -0.05) is 6.92 Å². The fourth-order valence-corrected chi connectivity index (χ4v) is 3.05. The number of nitrogens with zero attached hydrogens (tertiary/aromatic N) is 3. The van der Waals surface area contributed by atoms with Gasteiger partial charge in [0, 0.05) is 38.7 Å². The van der Waals surface area contributed by atoms with Crippen molar-refractivity contribution in [3.05, 3.63) is 18.0 Å². The van der Waals surface area contributed by atoms with E-state index in [4.69, 9.17) is 4.74 Å². The molecule has 0 saturated carbocycles. The molecule has 0 radical (unpaired) electrons. The summed E-state index contributed by atoms with van der Waals surface area (Å²) < 4.78 is 30.6. The van der Waals surface area contributed by atoms with E-state index in [2.05, 4.69) is 10.00 Å². The molecule has 0 N–H and O–H groups in total. The third-order valence-corrected chi connectivity index (χ3v) is 5.20. The maximum Gasteiger partial charge on any atom is 0.151 e. The minimum absolute atomic E-state index is 0.0467. The largest absolute Gasteiger partial charge is 0.378 e. The van der Waals surface area contributed by atoms with Crippen LogP contribution < -0.4 is 0 Å². The van der Waals surface area contributed by atoms with Gasteiger partial charge in [0.05, 0.1) is 24.1 Å². The zero-order chi connectivity index (χ0) is 13.9. The molecule has 1 aromatic heterocycles. The van der Waals surface area contributed by atoms with Crippen molar-refractivity contribution in [1.82, 2.24) is 14.7 Å². The van der Waals surface area contributed by atoms with E-state index in [0.29, 0.717) is 6.54 Å². The van der Waals surface area contributed by atoms with Gasteiger partial charge in [0.1, 0.15) is 0 Å². The first kappa shape index (κ1) is 14.5. The molecule has 1 aliphatic rings. The Kier molecular flexibility index (Phi) is 4.59. The van der Waals surface area contributed by atoms with Gasteiger partial charge < -0.3 is 4.74 Å². The molecule has 1 aliphatic heterocycles. The summed E-state index contributed by atoms with van der Waals surface area (Å²) in [5, 5.41) is 4.27. The molecule has 0 bridgehead atoms. The highest BCUT2D eigenvalue weighted by Gasteiger charge is 2.22. The van der Waals surface area contributed by atoms with Crippen molar-refractivity contribution >= 4 is 9.84 Å². The normalized spacial score (nSPS) is 21.1. The first-order valence-corrected chi connectivity index (χ1v) is 8.32. The first-order chi connectivity index (χ1) is 9.04. The molecule has 1 atom stereocenters. The van der Waals surface area contributed by atoms with Gasteiger partial charge in [-0.3, -0.25) is 9.58 Å². The van der Waals surface area contributed by atoms with Gasteiger partial charge in [-0.05, 0) is 6.07 Å². The molecule has 0 aliphatic carbocycles. The van der Waals surface area contributed by atoms with E-state index in [9.17, 15) is 8.42 Å². The fraction of sp³-hybridized carbons (Fsp3) is 0.750. The average molecular weight is 287 g/mol. The number of rotatable bonds is 5. The molecule has 0 spiro atoms. The van der Waals surface area contributed by atoms with Gasteiger partial charge in [0.15, 0.2) is 9.84 Å². The van der Waals surface area contributed by atoms with E-state index in [0.717, 1.165) is 25.3 Å². The summed E-state index contributed by atoms with van der Waals surface area (Å²) >= 11 is 0. The molecule has 0 unspecified atom stereocenters. The summed E-state index contributed by atoms with van der Waals surface area (Å²) in [6, 6.07) is 1.97. The molecule has 108 valence electrons.